The largest absolute Gasteiger partial charge is 1.00 e. The van der Waals surface area contributed by atoms with Crippen LogP contribution in [0.25, 0.3) is 0 Å². The molecule has 6 heteroatoms. The molecule has 0 aromatic carbocycles. The molecule has 5 nitrogen and oxygen atoms in total. The third-order valence-corrected chi connectivity index (χ3v) is 3.39. The number of rotatable bonds is 10. The minimum Gasteiger partial charge on any atom is -0.602 e. The maximum absolute atomic E-state index is 11.2. The Morgan fingerprint density at radius 3 is 2.11 bits per heavy atom. The van der Waals surface area contributed by atoms with Gasteiger partial charge in [0, 0.05) is 13.2 Å². The second-order valence-corrected chi connectivity index (χ2v) is 5.13. The van der Waals surface area contributed by atoms with Crippen LogP contribution < -0.4 is 0 Å². The molecule has 0 rings (SSSR count). The molecule has 0 saturated carbocycles. The molecule has 0 aliphatic rings. The predicted molar refractivity (Wildman–Crippen MR) is 69.7 cm³/mol. The summed E-state index contributed by atoms with van der Waals surface area (Å²) in [4.78, 5) is 11.2. The summed E-state index contributed by atoms with van der Waals surface area (Å²) in [5.41, 5.74) is 0. The van der Waals surface area contributed by atoms with Crippen LogP contribution in [0.4, 0.5) is 0 Å². The number of carbonyl (C=O) groups excluding carboxylic acids is 1. The van der Waals surface area contributed by atoms with Gasteiger partial charge < -0.3 is 16.1 Å². The van der Waals surface area contributed by atoms with Crippen LogP contribution in [0.3, 0.4) is 0 Å². The van der Waals surface area contributed by atoms with Crippen LogP contribution in [-0.2, 0) is 20.9 Å². The fourth-order valence-corrected chi connectivity index (χ4v) is 2.54. The lowest BCUT2D eigenvalue weighted by molar-refractivity contribution is -0.137. The smallest absolute Gasteiger partial charge is 0.602 e. The Morgan fingerprint density at radius 2 is 1.67 bits per heavy atom. The minimum atomic E-state index is -2.18. The van der Waals surface area contributed by atoms with Crippen molar-refractivity contribution in [1.29, 1.82) is 0 Å². The first-order valence-electron chi connectivity index (χ1n) is 6.38. The molecule has 0 heterocycles. The number of carbonyl (C=O) groups is 1. The normalized spacial score (nSPS) is 11.2. The van der Waals surface area contributed by atoms with E-state index >= 15 is 0 Å². The Hall–Kier alpha value is -0.538. The van der Waals surface area contributed by atoms with Gasteiger partial charge in [0.15, 0.2) is 0 Å². The lowest BCUT2D eigenvalue weighted by atomic mass is 10.5. The Labute approximate surface area is 114 Å². The van der Waals surface area contributed by atoms with Gasteiger partial charge in [-0.2, -0.15) is 0 Å². The van der Waals surface area contributed by atoms with Gasteiger partial charge in [-0.15, -0.1) is 0 Å². The summed E-state index contributed by atoms with van der Waals surface area (Å²) in [6.07, 6.45) is 3.13. The van der Waals surface area contributed by atoms with Crippen molar-refractivity contribution in [3.8, 4) is 0 Å². The van der Waals surface area contributed by atoms with E-state index < -0.39 is 21.1 Å². The standard InChI is InChI=1S/C6H10O3.2C3H7O.Al/c1-3-9-6(8)4-5(2)7;2*1-2-3-4;/h4,7H,3H2,1-2H3;2*2-3H2,1H3;/q;2*-1;+3/p-1/b5-4-;;;. The molecule has 18 heavy (non-hydrogen) atoms. The fourth-order valence-electron chi connectivity index (χ4n) is 1.08. The number of esters is 1. The molecular weight excluding hydrogens is 251 g/mol. The zero-order valence-corrected chi connectivity index (χ0v) is 12.9. The van der Waals surface area contributed by atoms with Crippen LogP contribution in [0.2, 0.25) is 0 Å². The highest BCUT2D eigenvalue weighted by Crippen LogP contribution is 2.04. The van der Waals surface area contributed by atoms with E-state index in [1.807, 2.05) is 13.8 Å². The second-order valence-electron chi connectivity index (χ2n) is 3.66. The van der Waals surface area contributed by atoms with Gasteiger partial charge in [-0.3, -0.25) is 0 Å². The van der Waals surface area contributed by atoms with Crippen molar-refractivity contribution >= 4 is 21.1 Å². The molecule has 0 atom stereocenters. The fraction of sp³-hybridized carbons (Fsp3) is 0.750. The average molecular weight is 274 g/mol. The van der Waals surface area contributed by atoms with Crippen molar-refractivity contribution < 1.29 is 20.9 Å². The number of allylic oxidation sites excluding steroid dienone is 1. The van der Waals surface area contributed by atoms with Crippen LogP contribution in [0.15, 0.2) is 11.8 Å². The molecule has 0 aliphatic carbocycles. The van der Waals surface area contributed by atoms with Gasteiger partial charge >= 0.3 is 21.1 Å². The Kier molecular flexibility index (Phi) is 11.2. The minimum absolute atomic E-state index is 0.349. The van der Waals surface area contributed by atoms with Crippen LogP contribution in [0, 0.1) is 0 Å². The van der Waals surface area contributed by atoms with Gasteiger partial charge in [0.2, 0.25) is 0 Å². The Bertz CT molecular complexity index is 247. The summed E-state index contributed by atoms with van der Waals surface area (Å²) in [7, 11) is 0. The highest BCUT2D eigenvalue weighted by Gasteiger charge is 2.34. The van der Waals surface area contributed by atoms with Gasteiger partial charge in [0.25, 0.3) is 0 Å². The van der Waals surface area contributed by atoms with Crippen molar-refractivity contribution in [3.63, 3.8) is 0 Å². The van der Waals surface area contributed by atoms with Gasteiger partial charge in [-0.25, -0.2) is 4.79 Å². The molecular formula is C12H23AlO5. The Morgan fingerprint density at radius 1 is 1.11 bits per heavy atom. The van der Waals surface area contributed by atoms with E-state index in [1.165, 1.54) is 6.08 Å². The van der Waals surface area contributed by atoms with Crippen LogP contribution in [0.1, 0.15) is 40.5 Å². The SMILES string of the molecule is CCC[O][Al]([O]CCC)[O]/C(C)=C\C(=O)OCC. The molecule has 0 radical (unpaired) electrons. The van der Waals surface area contributed by atoms with Crippen molar-refractivity contribution in [2.24, 2.45) is 0 Å². The molecule has 0 fully saturated rings. The van der Waals surface area contributed by atoms with Crippen LogP contribution in [0.5, 0.6) is 0 Å². The van der Waals surface area contributed by atoms with E-state index in [-0.39, 0.29) is 0 Å². The molecule has 0 aliphatic heterocycles. The first kappa shape index (κ1) is 17.5. The molecule has 0 saturated heterocycles. The van der Waals surface area contributed by atoms with Gasteiger partial charge in [-0.05, 0) is 26.7 Å². The topological polar surface area (TPSA) is 54.0 Å². The van der Waals surface area contributed by atoms with Crippen LogP contribution >= 0.6 is 0 Å². The number of hydrogen-bond acceptors (Lipinski definition) is 5. The number of ether oxygens (including phenoxy) is 1. The summed E-state index contributed by atoms with van der Waals surface area (Å²) >= 11 is -2.18. The van der Waals surface area contributed by atoms with Crippen LogP contribution in [-0.4, -0.2) is 40.9 Å². The van der Waals surface area contributed by atoms with Crippen molar-refractivity contribution in [1.82, 2.24) is 0 Å². The van der Waals surface area contributed by atoms with Gasteiger partial charge in [-0.1, -0.05) is 13.8 Å². The third kappa shape index (κ3) is 9.49. The zero-order chi connectivity index (χ0) is 13.8. The van der Waals surface area contributed by atoms with E-state index in [2.05, 4.69) is 0 Å². The highest BCUT2D eigenvalue weighted by atomic mass is 27.3. The summed E-state index contributed by atoms with van der Waals surface area (Å²) < 4.78 is 21.3. The van der Waals surface area contributed by atoms with E-state index in [4.69, 9.17) is 16.1 Å². The first-order chi connectivity index (χ1) is 8.63. The van der Waals surface area contributed by atoms with Gasteiger partial charge in [0.1, 0.15) is 0 Å². The molecule has 0 spiro atoms. The molecule has 0 amide bonds. The van der Waals surface area contributed by atoms with E-state index in [9.17, 15) is 4.79 Å². The summed E-state index contributed by atoms with van der Waals surface area (Å²) in [6, 6.07) is 0. The van der Waals surface area contributed by atoms with Crippen molar-refractivity contribution in [3.05, 3.63) is 11.8 Å². The van der Waals surface area contributed by atoms with E-state index in [0.29, 0.717) is 25.6 Å². The first-order valence-corrected chi connectivity index (χ1v) is 7.80. The highest BCUT2D eigenvalue weighted by molar-refractivity contribution is 6.36. The van der Waals surface area contributed by atoms with E-state index in [1.54, 1.807) is 13.8 Å². The monoisotopic (exact) mass is 274 g/mol. The molecule has 104 valence electrons. The summed E-state index contributed by atoms with van der Waals surface area (Å²) in [6.45, 7) is 9.05. The average Bonchev–Trinajstić information content (AvgIpc) is 2.32. The van der Waals surface area contributed by atoms with E-state index in [0.717, 1.165) is 12.8 Å². The maximum atomic E-state index is 11.2. The number of hydrogen-bond donors (Lipinski definition) is 0. The lowest BCUT2D eigenvalue weighted by Crippen LogP contribution is -2.27. The van der Waals surface area contributed by atoms with Crippen molar-refractivity contribution in [2.45, 2.75) is 40.5 Å². The molecule has 0 unspecified atom stereocenters. The molecule has 0 aromatic rings. The molecule has 0 bridgehead atoms. The zero-order valence-electron chi connectivity index (χ0n) is 11.7. The predicted octanol–water partition coefficient (Wildman–Crippen LogP) is 2.31. The van der Waals surface area contributed by atoms with Gasteiger partial charge in [0.05, 0.1) is 18.4 Å². The molecule has 0 aromatic heterocycles. The van der Waals surface area contributed by atoms with Crippen molar-refractivity contribution in [2.75, 3.05) is 19.8 Å². The summed E-state index contributed by atoms with van der Waals surface area (Å²) in [5, 5.41) is 0. The maximum Gasteiger partial charge on any atom is 1.00 e. The Balaban J connectivity index is 4.22. The third-order valence-electron chi connectivity index (χ3n) is 1.81. The second kappa shape index (κ2) is 11.5. The molecule has 0 N–H and O–H groups in total. The summed E-state index contributed by atoms with van der Waals surface area (Å²) in [5.74, 6) is 0.0612. The lowest BCUT2D eigenvalue weighted by Gasteiger charge is -2.14. The quantitative estimate of drug-likeness (QED) is 0.265.